The van der Waals surface area contributed by atoms with Gasteiger partial charge < -0.3 is 20.3 Å². The Morgan fingerprint density at radius 3 is 1.64 bits per heavy atom. The zero-order valence-electron chi connectivity index (χ0n) is 37.6. The Balaban J connectivity index is 4.73. The van der Waals surface area contributed by atoms with Gasteiger partial charge in [-0.15, -0.1) is 0 Å². The standard InChI is InChI=1S/C52H89NO5/c1-4-7-10-13-16-19-21-23-25-26-27-29-32-34-37-40-43-48(58-52(57)45-42-39-36-33-30-28-24-22-20-17-14-11-8-5-2)46-51(56)53-49(47-54)50(55)44-41-38-35-31-18-15-12-9-6-3/h8,10-11,13,16-17,19-21,23,25-27,29,48-50,54-55H,4-7,9,12,14-15,18,22,24,28,30-47H2,1-3H3,(H,53,56)/b11-8+,13-10+,19-16+,20-17+,23-21+,26-25+,29-27+. The smallest absolute Gasteiger partial charge is 0.306 e. The van der Waals surface area contributed by atoms with Crippen molar-refractivity contribution in [2.45, 2.75) is 225 Å². The molecule has 58 heavy (non-hydrogen) atoms. The molecule has 0 radical (unpaired) electrons. The van der Waals surface area contributed by atoms with Crippen molar-refractivity contribution >= 4 is 11.9 Å². The predicted octanol–water partition coefficient (Wildman–Crippen LogP) is 14.0. The summed E-state index contributed by atoms with van der Waals surface area (Å²) in [5.41, 5.74) is 0. The van der Waals surface area contributed by atoms with Crippen LogP contribution in [0.25, 0.3) is 0 Å². The molecule has 0 saturated heterocycles. The third kappa shape index (κ3) is 39.8. The summed E-state index contributed by atoms with van der Waals surface area (Å²) in [6.45, 7) is 6.24. The number of carbonyl (C=O) groups excluding carboxylic acids is 2. The van der Waals surface area contributed by atoms with E-state index in [1.54, 1.807) is 0 Å². The second-order valence-electron chi connectivity index (χ2n) is 15.9. The number of nitrogens with one attached hydrogen (secondary N) is 1. The van der Waals surface area contributed by atoms with Crippen LogP contribution < -0.4 is 5.32 Å². The summed E-state index contributed by atoms with van der Waals surface area (Å²) in [6.07, 6.45) is 57.8. The SMILES string of the molecule is CC/C=C/C/C=C/CCCCCCCCCC(=O)OC(CCCCC/C=C/C=C/C=C/C=C/C=C/CCC)CC(=O)NC(CO)C(O)CCCCCCCCCCC. The number of allylic oxidation sites excluding steroid dienone is 14. The maximum Gasteiger partial charge on any atom is 0.306 e. The highest BCUT2D eigenvalue weighted by molar-refractivity contribution is 5.77. The minimum atomic E-state index is -0.803. The van der Waals surface area contributed by atoms with Crippen molar-refractivity contribution in [3.63, 3.8) is 0 Å². The molecule has 3 unspecified atom stereocenters. The van der Waals surface area contributed by atoms with E-state index in [-0.39, 0.29) is 24.9 Å². The van der Waals surface area contributed by atoms with Gasteiger partial charge in [-0.2, -0.15) is 0 Å². The number of carbonyl (C=O) groups is 2. The Morgan fingerprint density at radius 1 is 0.534 bits per heavy atom. The van der Waals surface area contributed by atoms with Crippen LogP contribution in [0, 0.1) is 0 Å². The summed E-state index contributed by atoms with van der Waals surface area (Å²) in [4.78, 5) is 26.0. The summed E-state index contributed by atoms with van der Waals surface area (Å²) >= 11 is 0. The predicted molar refractivity (Wildman–Crippen MR) is 250 cm³/mol. The first kappa shape index (κ1) is 55.0. The normalized spacial score (nSPS) is 14.1. The molecule has 0 fully saturated rings. The topological polar surface area (TPSA) is 95.9 Å². The van der Waals surface area contributed by atoms with Crippen LogP contribution in [0.5, 0.6) is 0 Å². The monoisotopic (exact) mass is 808 g/mol. The highest BCUT2D eigenvalue weighted by Crippen LogP contribution is 2.17. The number of ether oxygens (including phenoxy) is 1. The van der Waals surface area contributed by atoms with Crippen molar-refractivity contribution in [1.29, 1.82) is 0 Å². The highest BCUT2D eigenvalue weighted by Gasteiger charge is 2.24. The van der Waals surface area contributed by atoms with Crippen LogP contribution in [-0.2, 0) is 14.3 Å². The Hall–Kier alpha value is -2.96. The lowest BCUT2D eigenvalue weighted by Gasteiger charge is -2.24. The first-order chi connectivity index (χ1) is 28.5. The van der Waals surface area contributed by atoms with E-state index in [0.717, 1.165) is 89.9 Å². The summed E-state index contributed by atoms with van der Waals surface area (Å²) in [6, 6.07) is -0.720. The lowest BCUT2D eigenvalue weighted by molar-refractivity contribution is -0.151. The molecule has 0 heterocycles. The van der Waals surface area contributed by atoms with Crippen molar-refractivity contribution in [3.05, 3.63) is 85.1 Å². The van der Waals surface area contributed by atoms with Gasteiger partial charge in [-0.25, -0.2) is 0 Å². The summed E-state index contributed by atoms with van der Waals surface area (Å²) in [7, 11) is 0. The molecule has 0 saturated carbocycles. The van der Waals surface area contributed by atoms with Gasteiger partial charge in [0.25, 0.3) is 0 Å². The number of aliphatic hydroxyl groups excluding tert-OH is 2. The van der Waals surface area contributed by atoms with E-state index < -0.39 is 18.2 Å². The number of aliphatic hydroxyl groups is 2. The van der Waals surface area contributed by atoms with Crippen LogP contribution in [0.1, 0.15) is 207 Å². The van der Waals surface area contributed by atoms with E-state index in [1.807, 2.05) is 36.5 Å². The fourth-order valence-corrected chi connectivity index (χ4v) is 6.73. The second kappa shape index (κ2) is 45.1. The van der Waals surface area contributed by atoms with Crippen LogP contribution in [0.4, 0.5) is 0 Å². The number of hydrogen-bond donors (Lipinski definition) is 3. The zero-order chi connectivity index (χ0) is 42.4. The lowest BCUT2D eigenvalue weighted by Crippen LogP contribution is -2.46. The first-order valence-electron chi connectivity index (χ1n) is 23.9. The van der Waals surface area contributed by atoms with Crippen LogP contribution >= 0.6 is 0 Å². The quantitative estimate of drug-likeness (QED) is 0.0247. The summed E-state index contributed by atoms with van der Waals surface area (Å²) in [5, 5.41) is 23.6. The molecule has 6 heteroatoms. The third-order valence-electron chi connectivity index (χ3n) is 10.3. The Labute approximate surface area is 357 Å². The van der Waals surface area contributed by atoms with Crippen molar-refractivity contribution in [3.8, 4) is 0 Å². The van der Waals surface area contributed by atoms with Gasteiger partial charge in [-0.1, -0.05) is 209 Å². The van der Waals surface area contributed by atoms with Gasteiger partial charge in [0.1, 0.15) is 6.10 Å². The second-order valence-corrected chi connectivity index (χ2v) is 15.9. The van der Waals surface area contributed by atoms with Gasteiger partial charge in [0.05, 0.1) is 25.2 Å². The first-order valence-corrected chi connectivity index (χ1v) is 23.9. The summed E-state index contributed by atoms with van der Waals surface area (Å²) < 4.78 is 5.89. The fraction of sp³-hybridized carbons (Fsp3) is 0.692. The number of hydrogen-bond acceptors (Lipinski definition) is 5. The van der Waals surface area contributed by atoms with E-state index >= 15 is 0 Å². The number of rotatable bonds is 41. The Kier molecular flexibility index (Phi) is 42.8. The highest BCUT2D eigenvalue weighted by atomic mass is 16.5. The Bertz CT molecular complexity index is 1130. The van der Waals surface area contributed by atoms with E-state index in [9.17, 15) is 19.8 Å². The van der Waals surface area contributed by atoms with Gasteiger partial charge in [-0.3, -0.25) is 9.59 Å². The molecule has 0 rings (SSSR count). The molecule has 1 amide bonds. The average Bonchev–Trinajstić information content (AvgIpc) is 3.22. The average molecular weight is 808 g/mol. The van der Waals surface area contributed by atoms with Gasteiger partial charge in [0, 0.05) is 6.42 Å². The number of unbranched alkanes of at least 4 members (excludes halogenated alkanes) is 19. The molecule has 0 aromatic carbocycles. The van der Waals surface area contributed by atoms with Crippen molar-refractivity contribution in [2.24, 2.45) is 0 Å². The largest absolute Gasteiger partial charge is 0.462 e. The molecule has 6 nitrogen and oxygen atoms in total. The van der Waals surface area contributed by atoms with Gasteiger partial charge in [0.15, 0.2) is 0 Å². The van der Waals surface area contributed by atoms with Gasteiger partial charge in [-0.05, 0) is 70.6 Å². The fourth-order valence-electron chi connectivity index (χ4n) is 6.73. The molecule has 0 aromatic rings. The van der Waals surface area contributed by atoms with Crippen LogP contribution in [0.3, 0.4) is 0 Å². The molecule has 0 aliphatic carbocycles. The van der Waals surface area contributed by atoms with E-state index in [2.05, 4.69) is 74.7 Å². The van der Waals surface area contributed by atoms with Crippen LogP contribution in [-0.4, -0.2) is 46.9 Å². The van der Waals surface area contributed by atoms with E-state index in [0.29, 0.717) is 19.3 Å². The molecule has 0 aromatic heterocycles. The van der Waals surface area contributed by atoms with Crippen LogP contribution in [0.2, 0.25) is 0 Å². The maximum atomic E-state index is 13.1. The molecule has 332 valence electrons. The van der Waals surface area contributed by atoms with Crippen molar-refractivity contribution in [2.75, 3.05) is 6.61 Å². The third-order valence-corrected chi connectivity index (χ3v) is 10.3. The minimum Gasteiger partial charge on any atom is -0.462 e. The molecule has 0 aliphatic heterocycles. The van der Waals surface area contributed by atoms with Gasteiger partial charge >= 0.3 is 5.97 Å². The molecule has 0 aliphatic rings. The lowest BCUT2D eigenvalue weighted by atomic mass is 10.0. The molecule has 3 N–H and O–H groups in total. The zero-order valence-corrected chi connectivity index (χ0v) is 37.6. The maximum absolute atomic E-state index is 13.1. The summed E-state index contributed by atoms with van der Waals surface area (Å²) in [5.74, 6) is -0.534. The molecular weight excluding hydrogens is 719 g/mol. The van der Waals surface area contributed by atoms with Crippen LogP contribution in [0.15, 0.2) is 85.1 Å². The van der Waals surface area contributed by atoms with Gasteiger partial charge in [0.2, 0.25) is 5.91 Å². The van der Waals surface area contributed by atoms with Crippen molar-refractivity contribution in [1.82, 2.24) is 5.32 Å². The molecule has 0 bridgehead atoms. The molecule has 0 spiro atoms. The molecule has 3 atom stereocenters. The van der Waals surface area contributed by atoms with Crippen molar-refractivity contribution < 1.29 is 24.5 Å². The molecular formula is C52H89NO5. The minimum absolute atomic E-state index is 0.0417. The Morgan fingerprint density at radius 2 is 1.03 bits per heavy atom. The van der Waals surface area contributed by atoms with E-state index in [4.69, 9.17) is 4.74 Å². The van der Waals surface area contributed by atoms with E-state index in [1.165, 1.54) is 70.6 Å². The number of amides is 1. The number of esters is 1.